The number of hydrogen-bond acceptors (Lipinski definition) is 1. The first kappa shape index (κ1) is 13.5. The van der Waals surface area contributed by atoms with Crippen LogP contribution in [-0.2, 0) is 6.42 Å². The van der Waals surface area contributed by atoms with E-state index in [-0.39, 0.29) is 0 Å². The van der Waals surface area contributed by atoms with E-state index in [1.165, 1.54) is 37.7 Å². The third-order valence-electron chi connectivity index (χ3n) is 5.08. The highest BCUT2D eigenvalue weighted by molar-refractivity contribution is 9.09. The van der Waals surface area contributed by atoms with E-state index in [9.17, 15) is 0 Å². The second-order valence-corrected chi connectivity index (χ2v) is 7.58. The van der Waals surface area contributed by atoms with Crippen LogP contribution in [0.1, 0.15) is 37.7 Å². The van der Waals surface area contributed by atoms with Crippen molar-refractivity contribution in [2.75, 3.05) is 7.11 Å². The molecule has 0 amide bonds. The predicted octanol–water partition coefficient (Wildman–Crippen LogP) is 4.83. The van der Waals surface area contributed by atoms with Gasteiger partial charge in [0.1, 0.15) is 5.75 Å². The first-order valence-electron chi connectivity index (χ1n) is 7.52. The molecular formula is C17H23BrO. The smallest absolute Gasteiger partial charge is 0.122 e. The lowest BCUT2D eigenvalue weighted by atomic mass is 9.85. The fourth-order valence-corrected chi connectivity index (χ4v) is 5.02. The largest absolute Gasteiger partial charge is 0.496 e. The van der Waals surface area contributed by atoms with Crippen LogP contribution in [0.25, 0.3) is 0 Å². The summed E-state index contributed by atoms with van der Waals surface area (Å²) in [6.07, 6.45) is 8.40. The normalized spacial score (nSPS) is 30.5. The number of methoxy groups -OCH3 is 1. The average Bonchev–Trinajstić information content (AvgIpc) is 3.01. The summed E-state index contributed by atoms with van der Waals surface area (Å²) in [4.78, 5) is 0.591. The second-order valence-electron chi connectivity index (χ2n) is 6.28. The zero-order valence-corrected chi connectivity index (χ0v) is 13.2. The first-order valence-corrected chi connectivity index (χ1v) is 8.43. The van der Waals surface area contributed by atoms with Gasteiger partial charge in [0, 0.05) is 4.83 Å². The van der Waals surface area contributed by atoms with Gasteiger partial charge in [0.25, 0.3) is 0 Å². The standard InChI is InChI=1S/C17H23BrO/c1-19-17-5-3-2-4-14(17)10-16(18)11-15-9-12-6-7-13(15)8-12/h2-5,12-13,15-16H,6-11H2,1H3. The summed E-state index contributed by atoms with van der Waals surface area (Å²) in [5, 5.41) is 0. The minimum atomic E-state index is 0.591. The number of ether oxygens (including phenoxy) is 1. The Kier molecular flexibility index (Phi) is 4.16. The molecule has 0 aliphatic heterocycles. The molecule has 2 bridgehead atoms. The van der Waals surface area contributed by atoms with E-state index < -0.39 is 0 Å². The SMILES string of the molecule is COc1ccccc1CC(Br)CC1CC2CCC1C2. The lowest BCUT2D eigenvalue weighted by Gasteiger charge is -2.24. The first-order chi connectivity index (χ1) is 9.26. The summed E-state index contributed by atoms with van der Waals surface area (Å²) >= 11 is 3.90. The maximum absolute atomic E-state index is 5.44. The topological polar surface area (TPSA) is 9.23 Å². The number of hydrogen-bond donors (Lipinski definition) is 0. The zero-order valence-electron chi connectivity index (χ0n) is 11.6. The number of alkyl halides is 1. The van der Waals surface area contributed by atoms with Gasteiger partial charge in [-0.05, 0) is 61.5 Å². The number of halogens is 1. The van der Waals surface area contributed by atoms with Gasteiger partial charge >= 0.3 is 0 Å². The van der Waals surface area contributed by atoms with Gasteiger partial charge in [-0.2, -0.15) is 0 Å². The lowest BCUT2D eigenvalue weighted by Crippen LogP contribution is -2.16. The quantitative estimate of drug-likeness (QED) is 0.706. The molecule has 19 heavy (non-hydrogen) atoms. The Balaban J connectivity index is 1.57. The molecule has 2 aliphatic carbocycles. The van der Waals surface area contributed by atoms with Crippen LogP contribution in [-0.4, -0.2) is 11.9 Å². The molecule has 0 saturated heterocycles. The van der Waals surface area contributed by atoms with E-state index in [0.717, 1.165) is 29.9 Å². The second kappa shape index (κ2) is 5.87. The molecule has 0 heterocycles. The van der Waals surface area contributed by atoms with Crippen molar-refractivity contribution < 1.29 is 4.74 Å². The van der Waals surface area contributed by atoms with E-state index in [2.05, 4.69) is 34.1 Å². The van der Waals surface area contributed by atoms with Crippen LogP contribution in [0.4, 0.5) is 0 Å². The third kappa shape index (κ3) is 2.99. The Hall–Kier alpha value is -0.500. The summed E-state index contributed by atoms with van der Waals surface area (Å²) in [6, 6.07) is 8.40. The number of fused-ring (bicyclic) bond motifs is 2. The van der Waals surface area contributed by atoms with E-state index in [1.54, 1.807) is 7.11 Å². The summed E-state index contributed by atoms with van der Waals surface area (Å²) < 4.78 is 5.44. The number of para-hydroxylation sites is 1. The van der Waals surface area contributed by atoms with Crippen molar-refractivity contribution in [3.8, 4) is 5.75 Å². The average molecular weight is 323 g/mol. The van der Waals surface area contributed by atoms with Gasteiger partial charge in [-0.15, -0.1) is 0 Å². The molecule has 0 spiro atoms. The summed E-state index contributed by atoms with van der Waals surface area (Å²) in [6.45, 7) is 0. The molecule has 4 atom stereocenters. The molecule has 0 N–H and O–H groups in total. The van der Waals surface area contributed by atoms with Crippen LogP contribution in [0.2, 0.25) is 0 Å². The molecule has 2 fully saturated rings. The fourth-order valence-electron chi connectivity index (χ4n) is 4.19. The van der Waals surface area contributed by atoms with E-state index in [1.807, 2.05) is 6.07 Å². The van der Waals surface area contributed by atoms with Gasteiger partial charge in [-0.1, -0.05) is 40.5 Å². The maximum Gasteiger partial charge on any atom is 0.122 e. The molecule has 1 aromatic carbocycles. The van der Waals surface area contributed by atoms with Crippen molar-refractivity contribution in [2.24, 2.45) is 17.8 Å². The molecule has 4 unspecified atom stereocenters. The summed E-state index contributed by atoms with van der Waals surface area (Å²) in [5.41, 5.74) is 1.33. The van der Waals surface area contributed by atoms with Crippen LogP contribution >= 0.6 is 15.9 Å². The molecule has 0 aromatic heterocycles. The highest BCUT2D eigenvalue weighted by Crippen LogP contribution is 2.50. The van der Waals surface area contributed by atoms with Gasteiger partial charge in [-0.25, -0.2) is 0 Å². The third-order valence-corrected chi connectivity index (χ3v) is 5.77. The van der Waals surface area contributed by atoms with Crippen molar-refractivity contribution in [3.63, 3.8) is 0 Å². The van der Waals surface area contributed by atoms with Crippen LogP contribution in [0.5, 0.6) is 5.75 Å². The minimum Gasteiger partial charge on any atom is -0.496 e. The molecule has 1 nitrogen and oxygen atoms in total. The molecule has 3 rings (SSSR count). The van der Waals surface area contributed by atoms with E-state index >= 15 is 0 Å². The van der Waals surface area contributed by atoms with Crippen LogP contribution in [0.3, 0.4) is 0 Å². The van der Waals surface area contributed by atoms with Crippen LogP contribution in [0, 0.1) is 17.8 Å². The van der Waals surface area contributed by atoms with Crippen molar-refractivity contribution >= 4 is 15.9 Å². The van der Waals surface area contributed by atoms with E-state index in [0.29, 0.717) is 4.83 Å². The van der Waals surface area contributed by atoms with Gasteiger partial charge < -0.3 is 4.74 Å². The van der Waals surface area contributed by atoms with Gasteiger partial charge in [-0.3, -0.25) is 0 Å². The lowest BCUT2D eigenvalue weighted by molar-refractivity contribution is 0.312. The van der Waals surface area contributed by atoms with Crippen LogP contribution in [0.15, 0.2) is 24.3 Å². The number of benzene rings is 1. The van der Waals surface area contributed by atoms with Crippen molar-refractivity contribution in [2.45, 2.75) is 43.4 Å². The Morgan fingerprint density at radius 3 is 2.79 bits per heavy atom. The van der Waals surface area contributed by atoms with Crippen molar-refractivity contribution in [1.82, 2.24) is 0 Å². The van der Waals surface area contributed by atoms with Crippen LogP contribution < -0.4 is 4.74 Å². The molecule has 2 saturated carbocycles. The Morgan fingerprint density at radius 1 is 1.26 bits per heavy atom. The molecule has 104 valence electrons. The highest BCUT2D eigenvalue weighted by Gasteiger charge is 2.39. The monoisotopic (exact) mass is 322 g/mol. The van der Waals surface area contributed by atoms with Crippen molar-refractivity contribution in [1.29, 1.82) is 0 Å². The molecule has 1 aromatic rings. The summed E-state index contributed by atoms with van der Waals surface area (Å²) in [7, 11) is 1.76. The Bertz CT molecular complexity index is 431. The highest BCUT2D eigenvalue weighted by atomic mass is 79.9. The summed E-state index contributed by atoms with van der Waals surface area (Å²) in [5.74, 6) is 4.08. The molecular weight excluding hydrogens is 300 g/mol. The predicted molar refractivity (Wildman–Crippen MR) is 83.0 cm³/mol. The Labute approximate surface area is 124 Å². The van der Waals surface area contributed by atoms with Gasteiger partial charge in [0.15, 0.2) is 0 Å². The minimum absolute atomic E-state index is 0.591. The zero-order chi connectivity index (χ0) is 13.2. The van der Waals surface area contributed by atoms with Crippen molar-refractivity contribution in [3.05, 3.63) is 29.8 Å². The molecule has 2 aliphatic rings. The number of rotatable bonds is 5. The molecule has 0 radical (unpaired) electrons. The Morgan fingerprint density at radius 2 is 2.11 bits per heavy atom. The molecule has 2 heteroatoms. The fraction of sp³-hybridized carbons (Fsp3) is 0.647. The van der Waals surface area contributed by atoms with Gasteiger partial charge in [0.05, 0.1) is 7.11 Å². The van der Waals surface area contributed by atoms with Gasteiger partial charge in [0.2, 0.25) is 0 Å². The van der Waals surface area contributed by atoms with E-state index in [4.69, 9.17) is 4.74 Å². The maximum atomic E-state index is 5.44.